The molecule has 0 amide bonds. The second kappa shape index (κ2) is 9.90. The van der Waals surface area contributed by atoms with Crippen LogP contribution in [0.15, 0.2) is 54.6 Å². The highest BCUT2D eigenvalue weighted by molar-refractivity contribution is 6.30. The van der Waals surface area contributed by atoms with Gasteiger partial charge in [-0.25, -0.2) is 4.79 Å². The van der Waals surface area contributed by atoms with Crippen molar-refractivity contribution in [2.45, 2.75) is 33.1 Å². The summed E-state index contributed by atoms with van der Waals surface area (Å²) in [5.41, 5.74) is 1.44. The van der Waals surface area contributed by atoms with Crippen LogP contribution in [0.4, 0.5) is 0 Å². The topological polar surface area (TPSA) is 35.5 Å². The molecule has 4 heteroatoms. The van der Waals surface area contributed by atoms with E-state index in [2.05, 4.69) is 6.92 Å². The molecule has 0 fully saturated rings. The van der Waals surface area contributed by atoms with Gasteiger partial charge in [-0.3, -0.25) is 0 Å². The van der Waals surface area contributed by atoms with E-state index >= 15 is 0 Å². The highest BCUT2D eigenvalue weighted by atomic mass is 35.5. The lowest BCUT2D eigenvalue weighted by molar-refractivity contribution is -0.136. The summed E-state index contributed by atoms with van der Waals surface area (Å²) in [6, 6.07) is 14.6. The average Bonchev–Trinajstić information content (AvgIpc) is 2.62. The molecule has 0 spiro atoms. The summed E-state index contributed by atoms with van der Waals surface area (Å²) in [5, 5.41) is 0.666. The van der Waals surface area contributed by atoms with Gasteiger partial charge in [0.05, 0.1) is 12.2 Å². The number of carbonyl (C=O) groups excluding carboxylic acids is 1. The van der Waals surface area contributed by atoms with Gasteiger partial charge in [0.1, 0.15) is 11.5 Å². The molecule has 0 heterocycles. The fourth-order valence-electron chi connectivity index (χ4n) is 2.32. The third-order valence-electron chi connectivity index (χ3n) is 3.62. The molecule has 25 heavy (non-hydrogen) atoms. The maximum absolute atomic E-state index is 12.2. The van der Waals surface area contributed by atoms with E-state index in [-0.39, 0.29) is 5.97 Å². The summed E-state index contributed by atoms with van der Waals surface area (Å²) < 4.78 is 11.0. The van der Waals surface area contributed by atoms with Crippen molar-refractivity contribution in [2.75, 3.05) is 6.61 Å². The van der Waals surface area contributed by atoms with E-state index in [9.17, 15) is 4.79 Å². The van der Waals surface area contributed by atoms with Gasteiger partial charge >= 0.3 is 5.97 Å². The summed E-state index contributed by atoms with van der Waals surface area (Å²) >= 11 is 5.87. The number of hydrogen-bond acceptors (Lipinski definition) is 3. The molecule has 2 rings (SSSR count). The Balaban J connectivity index is 2.14. The van der Waals surface area contributed by atoms with Crippen molar-refractivity contribution in [3.63, 3.8) is 0 Å². The second-order valence-corrected chi connectivity index (χ2v) is 6.00. The molecule has 2 aromatic rings. The molecule has 0 saturated heterocycles. The number of carbonyl (C=O) groups is 1. The Labute approximate surface area is 154 Å². The van der Waals surface area contributed by atoms with Gasteiger partial charge in [0.15, 0.2) is 0 Å². The Morgan fingerprint density at radius 3 is 2.16 bits per heavy atom. The third kappa shape index (κ3) is 5.95. The molecular weight excluding hydrogens is 336 g/mol. The minimum Gasteiger partial charge on any atom is -0.462 e. The number of unbranched alkanes of at least 4 members (excludes halogenated alkanes) is 2. The predicted molar refractivity (Wildman–Crippen MR) is 102 cm³/mol. The zero-order valence-corrected chi connectivity index (χ0v) is 15.4. The van der Waals surface area contributed by atoms with E-state index in [0.29, 0.717) is 28.7 Å². The molecule has 0 aliphatic carbocycles. The molecular formula is C21H23ClO3. The molecule has 0 bridgehead atoms. The van der Waals surface area contributed by atoms with Crippen LogP contribution in [-0.4, -0.2) is 12.6 Å². The molecule has 0 saturated carbocycles. The molecule has 3 nitrogen and oxygen atoms in total. The first kappa shape index (κ1) is 19.1. The van der Waals surface area contributed by atoms with Gasteiger partial charge < -0.3 is 9.47 Å². The quantitative estimate of drug-likeness (QED) is 0.317. The Morgan fingerprint density at radius 2 is 1.60 bits per heavy atom. The van der Waals surface area contributed by atoms with Gasteiger partial charge in [-0.2, -0.15) is 0 Å². The van der Waals surface area contributed by atoms with Crippen LogP contribution in [0.25, 0.3) is 5.57 Å². The van der Waals surface area contributed by atoms with Crippen molar-refractivity contribution >= 4 is 23.1 Å². The number of halogens is 1. The molecule has 0 unspecified atom stereocenters. The number of ether oxygens (including phenoxy) is 2. The zero-order valence-electron chi connectivity index (χ0n) is 14.6. The van der Waals surface area contributed by atoms with Crippen molar-refractivity contribution in [2.24, 2.45) is 0 Å². The van der Waals surface area contributed by atoms with E-state index in [1.54, 1.807) is 12.1 Å². The van der Waals surface area contributed by atoms with Crippen molar-refractivity contribution in [1.82, 2.24) is 0 Å². The molecule has 132 valence electrons. The number of rotatable bonds is 8. The summed E-state index contributed by atoms with van der Waals surface area (Å²) in [5.74, 6) is 1.12. The molecule has 0 aliphatic heterocycles. The molecule has 0 radical (unpaired) electrons. The lowest BCUT2D eigenvalue weighted by Gasteiger charge is -2.10. The van der Waals surface area contributed by atoms with Gasteiger partial charge in [0.2, 0.25) is 0 Å². The van der Waals surface area contributed by atoms with Crippen LogP contribution in [-0.2, 0) is 9.53 Å². The molecule has 2 aromatic carbocycles. The molecule has 0 atom stereocenters. The van der Waals surface area contributed by atoms with Gasteiger partial charge in [0.25, 0.3) is 0 Å². The Kier molecular flexibility index (Phi) is 7.55. The summed E-state index contributed by atoms with van der Waals surface area (Å²) in [6.07, 6.45) is 4.94. The fraction of sp³-hybridized carbons (Fsp3) is 0.286. The van der Waals surface area contributed by atoms with Crippen LogP contribution in [0.2, 0.25) is 5.02 Å². The first-order valence-corrected chi connectivity index (χ1v) is 8.93. The fourth-order valence-corrected chi connectivity index (χ4v) is 2.45. The van der Waals surface area contributed by atoms with Crippen LogP contribution in [0.3, 0.4) is 0 Å². The Morgan fingerprint density at radius 1 is 1.00 bits per heavy atom. The minimum absolute atomic E-state index is 0.287. The Bertz CT molecular complexity index is 703. The normalized spacial score (nSPS) is 11.2. The number of benzene rings is 2. The van der Waals surface area contributed by atoms with Crippen molar-refractivity contribution < 1.29 is 14.3 Å². The van der Waals surface area contributed by atoms with Crippen LogP contribution < -0.4 is 4.74 Å². The molecule has 0 aliphatic rings. The maximum Gasteiger partial charge on any atom is 0.338 e. The van der Waals surface area contributed by atoms with E-state index in [4.69, 9.17) is 21.1 Å². The van der Waals surface area contributed by atoms with Crippen LogP contribution in [0.5, 0.6) is 11.5 Å². The van der Waals surface area contributed by atoms with Crippen LogP contribution >= 0.6 is 11.6 Å². The maximum atomic E-state index is 12.2. The lowest BCUT2D eigenvalue weighted by atomic mass is 10.0. The second-order valence-electron chi connectivity index (χ2n) is 5.56. The van der Waals surface area contributed by atoms with Crippen molar-refractivity contribution in [3.8, 4) is 11.5 Å². The van der Waals surface area contributed by atoms with Crippen LogP contribution in [0, 0.1) is 0 Å². The average molecular weight is 359 g/mol. The van der Waals surface area contributed by atoms with Gasteiger partial charge in [-0.15, -0.1) is 0 Å². The minimum atomic E-state index is -0.287. The van der Waals surface area contributed by atoms with Crippen LogP contribution in [0.1, 0.15) is 38.7 Å². The zero-order chi connectivity index (χ0) is 18.1. The first-order chi connectivity index (χ1) is 12.1. The number of esters is 1. The van der Waals surface area contributed by atoms with E-state index in [1.807, 2.05) is 49.4 Å². The highest BCUT2D eigenvalue weighted by Gasteiger charge is 2.13. The van der Waals surface area contributed by atoms with Crippen molar-refractivity contribution in [3.05, 3.63) is 65.2 Å². The van der Waals surface area contributed by atoms with Crippen molar-refractivity contribution in [1.29, 1.82) is 0 Å². The number of allylic oxidation sites excluding steroid dienone is 1. The molecule has 0 aromatic heterocycles. The van der Waals surface area contributed by atoms with E-state index in [0.717, 1.165) is 24.8 Å². The predicted octanol–water partition coefficient (Wildman–Crippen LogP) is 6.27. The van der Waals surface area contributed by atoms with E-state index in [1.165, 1.54) is 0 Å². The Hall–Kier alpha value is -2.26. The van der Waals surface area contributed by atoms with Gasteiger partial charge in [0, 0.05) is 5.02 Å². The van der Waals surface area contributed by atoms with E-state index < -0.39 is 0 Å². The SMILES string of the molecule is CCCCC=C(C(=O)OCC)c1ccc(Oc2ccc(Cl)cc2)cc1. The summed E-state index contributed by atoms with van der Waals surface area (Å²) in [7, 11) is 0. The van der Waals surface area contributed by atoms with Gasteiger partial charge in [-0.1, -0.05) is 49.6 Å². The summed E-state index contributed by atoms with van der Waals surface area (Å²) in [4.78, 5) is 12.2. The number of hydrogen-bond donors (Lipinski definition) is 0. The smallest absolute Gasteiger partial charge is 0.338 e. The summed E-state index contributed by atoms with van der Waals surface area (Å²) in [6.45, 7) is 4.30. The standard InChI is InChI=1S/C21H23ClO3/c1-3-5-6-7-20(21(23)24-4-2)16-8-12-18(13-9-16)25-19-14-10-17(22)11-15-19/h7-15H,3-6H2,1-2H3. The van der Waals surface area contributed by atoms with Gasteiger partial charge in [-0.05, 0) is 55.3 Å². The molecule has 0 N–H and O–H groups in total. The lowest BCUT2D eigenvalue weighted by Crippen LogP contribution is -2.07. The highest BCUT2D eigenvalue weighted by Crippen LogP contribution is 2.26. The largest absolute Gasteiger partial charge is 0.462 e. The third-order valence-corrected chi connectivity index (χ3v) is 3.87. The first-order valence-electron chi connectivity index (χ1n) is 8.55. The monoisotopic (exact) mass is 358 g/mol.